The van der Waals surface area contributed by atoms with Gasteiger partial charge in [0.25, 0.3) is 0 Å². The number of nitrogens with two attached hydrogens (primary N) is 1. The summed E-state index contributed by atoms with van der Waals surface area (Å²) in [6.45, 7) is 5.62. The maximum absolute atomic E-state index is 11.6. The number of amidine groups is 1. The van der Waals surface area contributed by atoms with E-state index in [2.05, 4.69) is 26.6 Å². The van der Waals surface area contributed by atoms with E-state index in [0.29, 0.717) is 23.2 Å². The maximum atomic E-state index is 11.6. The van der Waals surface area contributed by atoms with E-state index in [9.17, 15) is 4.21 Å². The highest BCUT2D eigenvalue weighted by Gasteiger charge is 2.21. The zero-order chi connectivity index (χ0) is 19.4. The van der Waals surface area contributed by atoms with Crippen LogP contribution in [0.4, 0.5) is 0 Å². The number of nitrogens with zero attached hydrogens (tertiary/aromatic N) is 2. The van der Waals surface area contributed by atoms with Gasteiger partial charge in [0.05, 0.1) is 17.1 Å². The predicted molar refractivity (Wildman–Crippen MR) is 111 cm³/mol. The van der Waals surface area contributed by atoms with Crippen molar-refractivity contribution in [3.63, 3.8) is 0 Å². The highest BCUT2D eigenvalue weighted by atomic mass is 32.2. The lowest BCUT2D eigenvalue weighted by Gasteiger charge is -2.32. The van der Waals surface area contributed by atoms with Gasteiger partial charge < -0.3 is 26.7 Å². The first kappa shape index (κ1) is 19.2. The molecule has 0 unspecified atom stereocenters. The van der Waals surface area contributed by atoms with Crippen molar-refractivity contribution in [2.24, 2.45) is 16.6 Å². The van der Waals surface area contributed by atoms with E-state index in [1.54, 1.807) is 6.08 Å². The van der Waals surface area contributed by atoms with Crippen molar-refractivity contribution in [1.29, 1.82) is 5.41 Å². The van der Waals surface area contributed by atoms with Crippen LogP contribution in [-0.4, -0.2) is 45.8 Å². The maximum Gasteiger partial charge on any atom is 0.132 e. The van der Waals surface area contributed by atoms with E-state index in [1.165, 1.54) is 6.21 Å². The lowest BCUT2D eigenvalue weighted by molar-refractivity contribution is 0.383. The molecule has 1 fully saturated rings. The molecule has 5 N–H and O–H groups in total. The molecule has 0 bridgehead atoms. The fourth-order valence-corrected chi connectivity index (χ4v) is 3.99. The van der Waals surface area contributed by atoms with Crippen molar-refractivity contribution in [2.45, 2.75) is 13.8 Å². The number of allylic oxidation sites excluding steroid dienone is 4. The molecule has 0 saturated carbocycles. The van der Waals surface area contributed by atoms with Gasteiger partial charge in [-0.15, -0.1) is 0 Å². The van der Waals surface area contributed by atoms with Crippen molar-refractivity contribution in [3.05, 3.63) is 59.0 Å². The van der Waals surface area contributed by atoms with Crippen LogP contribution in [0.5, 0.6) is 0 Å². The number of rotatable bonds is 5. The number of hydrogen-bond acceptors (Lipinski definition) is 6. The molecule has 0 radical (unpaired) electrons. The summed E-state index contributed by atoms with van der Waals surface area (Å²) in [6, 6.07) is 0. The molecule has 0 spiro atoms. The molecule has 8 heteroatoms. The van der Waals surface area contributed by atoms with Crippen LogP contribution < -0.4 is 16.4 Å². The van der Waals surface area contributed by atoms with Crippen molar-refractivity contribution in [1.82, 2.24) is 15.5 Å². The number of hydrogen-bond donors (Lipinski definition) is 4. The summed E-state index contributed by atoms with van der Waals surface area (Å²) in [5.74, 6) is 2.64. The summed E-state index contributed by atoms with van der Waals surface area (Å²) in [6.07, 6.45) is 10.9. The molecule has 0 amide bonds. The molecule has 7 nitrogen and oxygen atoms in total. The Hall–Kier alpha value is -2.61. The van der Waals surface area contributed by atoms with Crippen molar-refractivity contribution in [2.75, 3.05) is 24.6 Å². The van der Waals surface area contributed by atoms with Crippen LogP contribution in [0.25, 0.3) is 0 Å². The smallest absolute Gasteiger partial charge is 0.132 e. The second-order valence-electron chi connectivity index (χ2n) is 6.84. The van der Waals surface area contributed by atoms with Crippen molar-refractivity contribution >= 4 is 22.8 Å². The van der Waals surface area contributed by atoms with Gasteiger partial charge in [0, 0.05) is 47.8 Å². The van der Waals surface area contributed by atoms with Crippen molar-refractivity contribution < 1.29 is 4.21 Å². The van der Waals surface area contributed by atoms with Gasteiger partial charge in [-0.05, 0) is 35.8 Å². The monoisotopic (exact) mass is 386 g/mol. The van der Waals surface area contributed by atoms with E-state index in [1.807, 2.05) is 32.2 Å². The standard InChI is InChI=1S/C19H26N6OS/c1-13(2)14(11-20)9-18(21)24-19-4-3-16-17(23-19)10-15(12-22-16)25-5-7-27(26)8-6-25/h3-4,9-13,20,22-23H,5-8H2,1-2H3,(H2,21,24). The first-order valence-corrected chi connectivity index (χ1v) is 10.5. The Bertz CT molecular complexity index is 821. The molecule has 0 atom stereocenters. The van der Waals surface area contributed by atoms with Crippen LogP contribution in [-0.2, 0) is 10.8 Å². The van der Waals surface area contributed by atoms with Crippen LogP contribution in [0, 0.1) is 11.3 Å². The zero-order valence-electron chi connectivity index (χ0n) is 15.7. The second-order valence-corrected chi connectivity index (χ2v) is 8.54. The Morgan fingerprint density at radius 3 is 2.74 bits per heavy atom. The zero-order valence-corrected chi connectivity index (χ0v) is 16.5. The van der Waals surface area contributed by atoms with Crippen LogP contribution in [0.3, 0.4) is 0 Å². The highest BCUT2D eigenvalue weighted by Crippen LogP contribution is 2.22. The average molecular weight is 387 g/mol. The van der Waals surface area contributed by atoms with Crippen LogP contribution in [0.15, 0.2) is 64.0 Å². The quantitative estimate of drug-likeness (QED) is 0.421. The predicted octanol–water partition coefficient (Wildman–Crippen LogP) is 1.30. The number of dihydropyridines is 2. The Morgan fingerprint density at radius 2 is 2.07 bits per heavy atom. The summed E-state index contributed by atoms with van der Waals surface area (Å²) < 4.78 is 11.6. The number of fused-ring (bicyclic) bond motifs is 1. The number of nitrogens with one attached hydrogen (secondary N) is 3. The Labute approximate surface area is 162 Å². The molecule has 0 aromatic carbocycles. The molecule has 3 aliphatic rings. The van der Waals surface area contributed by atoms with Crippen LogP contribution >= 0.6 is 0 Å². The molecule has 0 aromatic heterocycles. The topological polar surface area (TPSA) is 107 Å². The number of aliphatic imine (C=N–C) groups is 1. The second kappa shape index (κ2) is 8.39. The van der Waals surface area contributed by atoms with Gasteiger partial charge in [-0.2, -0.15) is 0 Å². The van der Waals surface area contributed by atoms with E-state index in [4.69, 9.17) is 11.1 Å². The van der Waals surface area contributed by atoms with Crippen molar-refractivity contribution in [3.8, 4) is 0 Å². The van der Waals surface area contributed by atoms with E-state index in [-0.39, 0.29) is 5.92 Å². The van der Waals surface area contributed by atoms with E-state index < -0.39 is 10.8 Å². The third-order valence-corrected chi connectivity index (χ3v) is 5.84. The van der Waals surface area contributed by atoms with Gasteiger partial charge >= 0.3 is 0 Å². The van der Waals surface area contributed by atoms with Gasteiger partial charge in [0.15, 0.2) is 0 Å². The van der Waals surface area contributed by atoms with Gasteiger partial charge in [-0.1, -0.05) is 13.8 Å². The minimum Gasteiger partial charge on any atom is -0.384 e. The molecule has 1 saturated heterocycles. The van der Waals surface area contributed by atoms with Gasteiger partial charge in [0.2, 0.25) is 0 Å². The fraction of sp³-hybridized carbons (Fsp3) is 0.368. The van der Waals surface area contributed by atoms with Gasteiger partial charge in [0.1, 0.15) is 11.7 Å². The minimum atomic E-state index is -0.694. The average Bonchev–Trinajstić information content (AvgIpc) is 2.66. The van der Waals surface area contributed by atoms with E-state index in [0.717, 1.165) is 35.8 Å². The first-order chi connectivity index (χ1) is 13.0. The fourth-order valence-electron chi connectivity index (χ4n) is 2.94. The molecule has 3 aliphatic heterocycles. The molecule has 3 rings (SSSR count). The summed E-state index contributed by atoms with van der Waals surface area (Å²) in [5.41, 5.74) is 9.82. The Morgan fingerprint density at radius 1 is 1.33 bits per heavy atom. The summed E-state index contributed by atoms with van der Waals surface area (Å²) in [7, 11) is -0.694. The summed E-state index contributed by atoms with van der Waals surface area (Å²) >= 11 is 0. The minimum absolute atomic E-state index is 0.216. The molecule has 0 aliphatic carbocycles. The van der Waals surface area contributed by atoms with Gasteiger partial charge in [-0.25, -0.2) is 4.99 Å². The lowest BCUT2D eigenvalue weighted by atomic mass is 10.0. The van der Waals surface area contributed by atoms with E-state index >= 15 is 0 Å². The highest BCUT2D eigenvalue weighted by molar-refractivity contribution is 7.85. The third-order valence-electron chi connectivity index (χ3n) is 4.57. The molecule has 0 aromatic rings. The molecule has 3 heterocycles. The Balaban J connectivity index is 1.73. The van der Waals surface area contributed by atoms with Crippen LogP contribution in [0.1, 0.15) is 13.8 Å². The Kier molecular flexibility index (Phi) is 5.95. The third kappa shape index (κ3) is 4.77. The SMILES string of the molecule is CC(C)C(C=N)=CC(N)=NC1=CC=C2NC=C(N3CCS(=O)CC3)C=C2N1. The first-order valence-electron chi connectivity index (χ1n) is 9.00. The molecule has 144 valence electrons. The normalized spacial score (nSPS) is 21.4. The van der Waals surface area contributed by atoms with Crippen LogP contribution in [0.2, 0.25) is 0 Å². The molecule has 27 heavy (non-hydrogen) atoms. The summed E-state index contributed by atoms with van der Waals surface area (Å²) in [4.78, 5) is 6.66. The van der Waals surface area contributed by atoms with Gasteiger partial charge in [-0.3, -0.25) is 4.21 Å². The summed E-state index contributed by atoms with van der Waals surface area (Å²) in [5, 5.41) is 14.1. The molecular formula is C19H26N6OS. The lowest BCUT2D eigenvalue weighted by Crippen LogP contribution is -2.38. The largest absolute Gasteiger partial charge is 0.384 e. The molecular weight excluding hydrogens is 360 g/mol.